The van der Waals surface area contributed by atoms with Gasteiger partial charge in [-0.2, -0.15) is 0 Å². The van der Waals surface area contributed by atoms with Gasteiger partial charge in [0, 0.05) is 49.2 Å². The minimum Gasteiger partial charge on any atom is -0.456 e. The van der Waals surface area contributed by atoms with E-state index >= 15 is 0 Å². The summed E-state index contributed by atoms with van der Waals surface area (Å²) in [4.78, 5) is 20.7. The average Bonchev–Trinajstić information content (AvgIpc) is 3.70. The van der Waals surface area contributed by atoms with E-state index in [4.69, 9.17) is 24.4 Å². The van der Waals surface area contributed by atoms with Crippen LogP contribution in [-0.2, 0) is 0 Å². The van der Waals surface area contributed by atoms with Gasteiger partial charge in [0.1, 0.15) is 11.2 Å². The number of benzene rings is 9. The Morgan fingerprint density at radius 3 is 1.54 bits per heavy atom. The van der Waals surface area contributed by atoms with Crippen LogP contribution in [0.4, 0.5) is 0 Å². The van der Waals surface area contributed by atoms with Gasteiger partial charge in [-0.05, 0) is 75.1 Å². The molecule has 3 aromatic heterocycles. The highest BCUT2D eigenvalue weighted by Gasteiger charge is 2.19. The van der Waals surface area contributed by atoms with Crippen LogP contribution in [0.25, 0.3) is 122 Å². The van der Waals surface area contributed by atoms with E-state index in [-0.39, 0.29) is 0 Å². The van der Waals surface area contributed by atoms with Crippen molar-refractivity contribution in [3.05, 3.63) is 194 Å². The summed E-state index contributed by atoms with van der Waals surface area (Å²) in [5.41, 5.74) is 9.53. The lowest BCUT2D eigenvalue weighted by atomic mass is 9.94. The van der Waals surface area contributed by atoms with Crippen LogP contribution in [0.5, 0.6) is 0 Å². The molecule has 0 aliphatic rings. The Morgan fingerprint density at radius 1 is 0.288 bits per heavy atom. The van der Waals surface area contributed by atoms with Crippen molar-refractivity contribution in [1.29, 1.82) is 0 Å². The molecule has 0 bridgehead atoms. The Kier molecular flexibility index (Phi) is 7.47. The Bertz CT molecular complexity index is 3530. The van der Waals surface area contributed by atoms with Crippen LogP contribution in [0.3, 0.4) is 0 Å². The highest BCUT2D eigenvalue weighted by atomic mass is 16.3. The fourth-order valence-electron chi connectivity index (χ4n) is 8.56. The number of rotatable bonds is 5. The molecular weight excluding hydrogens is 721 g/mol. The van der Waals surface area contributed by atoms with E-state index < -0.39 is 0 Å². The van der Waals surface area contributed by atoms with Crippen LogP contribution in [0.2, 0.25) is 0 Å². The first-order valence-electron chi connectivity index (χ1n) is 19.8. The van der Waals surface area contributed by atoms with Gasteiger partial charge >= 0.3 is 0 Å². The van der Waals surface area contributed by atoms with Crippen molar-refractivity contribution in [2.24, 2.45) is 0 Å². The molecule has 12 rings (SSSR count). The standard InChI is InChI=1S/C54H32N4O/c1-2-13-35(14-3-1)51-45-27-28-48-50(44-19-8-9-20-47(44)59-48)49(45)43-26-25-39(32-46(43)55-51)38-17-10-18-40(31-38)52-56-53(41-23-21-33-11-4-6-15-36(33)29-41)58-54(57-52)42-24-22-34-12-5-7-16-37(34)30-42/h1-32H. The molecule has 5 nitrogen and oxygen atoms in total. The molecule has 0 amide bonds. The van der Waals surface area contributed by atoms with E-state index in [1.165, 1.54) is 10.8 Å². The van der Waals surface area contributed by atoms with Crippen LogP contribution >= 0.6 is 0 Å². The van der Waals surface area contributed by atoms with Gasteiger partial charge in [-0.15, -0.1) is 0 Å². The second kappa shape index (κ2) is 13.3. The first-order chi connectivity index (χ1) is 29.2. The molecule has 0 radical (unpaired) electrons. The molecule has 0 atom stereocenters. The number of aromatic nitrogens is 4. The van der Waals surface area contributed by atoms with E-state index in [2.05, 4.69) is 176 Å². The highest BCUT2D eigenvalue weighted by Crippen LogP contribution is 2.42. The predicted molar refractivity (Wildman–Crippen MR) is 242 cm³/mol. The molecular formula is C54H32N4O. The summed E-state index contributed by atoms with van der Waals surface area (Å²) in [5, 5.41) is 10.1. The molecule has 0 aliphatic carbocycles. The summed E-state index contributed by atoms with van der Waals surface area (Å²) < 4.78 is 6.38. The lowest BCUT2D eigenvalue weighted by molar-refractivity contribution is 0.669. The number of fused-ring (bicyclic) bond motifs is 9. The lowest BCUT2D eigenvalue weighted by Gasteiger charge is -2.13. The van der Waals surface area contributed by atoms with Gasteiger partial charge in [-0.1, -0.05) is 152 Å². The highest BCUT2D eigenvalue weighted by molar-refractivity contribution is 6.28. The van der Waals surface area contributed by atoms with E-state index in [0.717, 1.165) is 93.5 Å². The van der Waals surface area contributed by atoms with E-state index in [0.29, 0.717) is 17.5 Å². The summed E-state index contributed by atoms with van der Waals surface area (Å²) >= 11 is 0. The number of para-hydroxylation sites is 1. The maximum Gasteiger partial charge on any atom is 0.164 e. The molecule has 0 spiro atoms. The van der Waals surface area contributed by atoms with Crippen LogP contribution in [0, 0.1) is 0 Å². The van der Waals surface area contributed by atoms with Crippen molar-refractivity contribution in [2.75, 3.05) is 0 Å². The van der Waals surface area contributed by atoms with Gasteiger partial charge in [-0.3, -0.25) is 0 Å². The number of nitrogens with zero attached hydrogens (tertiary/aromatic N) is 4. The van der Waals surface area contributed by atoms with Crippen molar-refractivity contribution < 1.29 is 4.42 Å². The van der Waals surface area contributed by atoms with Crippen LogP contribution in [0.15, 0.2) is 199 Å². The zero-order valence-electron chi connectivity index (χ0n) is 31.7. The molecule has 5 heteroatoms. The number of pyridine rings is 1. The van der Waals surface area contributed by atoms with E-state index in [1.807, 2.05) is 18.2 Å². The molecule has 0 unspecified atom stereocenters. The number of hydrogen-bond acceptors (Lipinski definition) is 5. The number of furan rings is 1. The molecule has 0 aliphatic heterocycles. The SMILES string of the molecule is c1ccc(-c2nc3cc(-c4cccc(-c5nc(-c6ccc7ccccc7c6)nc(-c6ccc7ccccc7c6)n5)c4)ccc3c3c2ccc2oc4ccccc4c23)cc1. The second-order valence-corrected chi connectivity index (χ2v) is 15.0. The van der Waals surface area contributed by atoms with E-state index in [1.54, 1.807) is 0 Å². The Morgan fingerprint density at radius 2 is 0.831 bits per heavy atom. The third-order valence-electron chi connectivity index (χ3n) is 11.4. The van der Waals surface area contributed by atoms with Gasteiger partial charge in [0.25, 0.3) is 0 Å². The van der Waals surface area contributed by atoms with Gasteiger partial charge < -0.3 is 4.42 Å². The van der Waals surface area contributed by atoms with Crippen LogP contribution < -0.4 is 0 Å². The predicted octanol–water partition coefficient (Wildman–Crippen LogP) is 14.1. The minimum absolute atomic E-state index is 0.610. The largest absolute Gasteiger partial charge is 0.456 e. The molecule has 0 saturated heterocycles. The van der Waals surface area contributed by atoms with Crippen LogP contribution in [0.1, 0.15) is 0 Å². The molecule has 3 heterocycles. The van der Waals surface area contributed by atoms with Crippen molar-refractivity contribution in [1.82, 2.24) is 19.9 Å². The fourth-order valence-corrected chi connectivity index (χ4v) is 8.56. The van der Waals surface area contributed by atoms with Crippen molar-refractivity contribution >= 4 is 65.2 Å². The molecule has 12 aromatic rings. The van der Waals surface area contributed by atoms with Gasteiger partial charge in [0.15, 0.2) is 17.5 Å². The third-order valence-corrected chi connectivity index (χ3v) is 11.4. The van der Waals surface area contributed by atoms with Gasteiger partial charge in [0.2, 0.25) is 0 Å². The molecule has 9 aromatic carbocycles. The summed E-state index contributed by atoms with van der Waals surface area (Å²) in [6, 6.07) is 67.5. The Balaban J connectivity index is 1.03. The zero-order chi connectivity index (χ0) is 38.9. The minimum atomic E-state index is 0.610. The van der Waals surface area contributed by atoms with Crippen LogP contribution in [-0.4, -0.2) is 19.9 Å². The number of hydrogen-bond donors (Lipinski definition) is 0. The molecule has 0 saturated carbocycles. The van der Waals surface area contributed by atoms with Crippen molar-refractivity contribution in [2.45, 2.75) is 0 Å². The molecule has 0 fully saturated rings. The molecule has 274 valence electrons. The molecule has 0 N–H and O–H groups in total. The van der Waals surface area contributed by atoms with Gasteiger partial charge in [-0.25, -0.2) is 19.9 Å². The second-order valence-electron chi connectivity index (χ2n) is 15.0. The molecule has 59 heavy (non-hydrogen) atoms. The van der Waals surface area contributed by atoms with Crippen molar-refractivity contribution in [3.63, 3.8) is 0 Å². The Hall–Kier alpha value is -8.02. The monoisotopic (exact) mass is 752 g/mol. The first-order valence-corrected chi connectivity index (χ1v) is 19.8. The summed E-state index contributed by atoms with van der Waals surface area (Å²) in [5.74, 6) is 1.86. The Labute approximate surface area is 338 Å². The summed E-state index contributed by atoms with van der Waals surface area (Å²) in [6.45, 7) is 0. The fraction of sp³-hybridized carbons (Fsp3) is 0. The van der Waals surface area contributed by atoms with Gasteiger partial charge in [0.05, 0.1) is 11.2 Å². The third kappa shape index (κ3) is 5.63. The quantitative estimate of drug-likeness (QED) is 0.164. The summed E-state index contributed by atoms with van der Waals surface area (Å²) in [7, 11) is 0. The topological polar surface area (TPSA) is 64.7 Å². The average molecular weight is 753 g/mol. The maximum atomic E-state index is 6.38. The maximum absolute atomic E-state index is 6.38. The lowest BCUT2D eigenvalue weighted by Crippen LogP contribution is -2.00. The normalized spacial score (nSPS) is 11.7. The van der Waals surface area contributed by atoms with Crippen molar-refractivity contribution in [3.8, 4) is 56.5 Å². The smallest absolute Gasteiger partial charge is 0.164 e. The zero-order valence-corrected chi connectivity index (χ0v) is 31.7. The van der Waals surface area contributed by atoms with E-state index in [9.17, 15) is 0 Å². The first kappa shape index (κ1) is 33.2. The summed E-state index contributed by atoms with van der Waals surface area (Å²) in [6.07, 6.45) is 0.